The molecule has 0 saturated carbocycles. The van der Waals surface area contributed by atoms with Crippen molar-refractivity contribution in [3.8, 4) is 0 Å². The van der Waals surface area contributed by atoms with Crippen molar-refractivity contribution in [2.45, 2.75) is 39.0 Å². The highest BCUT2D eigenvalue weighted by Crippen LogP contribution is 2.23. The molecule has 0 aromatic heterocycles. The molecule has 0 heterocycles. The Labute approximate surface area is 110 Å². The molecule has 1 aromatic carbocycles. The van der Waals surface area contributed by atoms with Crippen LogP contribution in [0.25, 0.3) is 0 Å². The maximum Gasteiger partial charge on any atom is 0.164 e. The van der Waals surface area contributed by atoms with E-state index in [-0.39, 0.29) is 5.78 Å². The second-order valence-electron chi connectivity index (χ2n) is 3.86. The number of Topliss-reactive ketones (excluding diaryl/α,β-unsaturated/α-hetero) is 1. The molecule has 1 nitrogen and oxygen atoms in total. The fraction of sp³-hybridized carbons (Fsp3) is 0.462. The van der Waals surface area contributed by atoms with Crippen molar-refractivity contribution in [3.63, 3.8) is 0 Å². The maximum atomic E-state index is 11.9. The van der Waals surface area contributed by atoms with Gasteiger partial charge in [-0.05, 0) is 24.6 Å². The molecule has 0 aliphatic heterocycles. The van der Waals surface area contributed by atoms with Crippen molar-refractivity contribution in [1.82, 2.24) is 0 Å². The third-order valence-corrected chi connectivity index (χ3v) is 3.41. The van der Waals surface area contributed by atoms with E-state index in [9.17, 15) is 4.79 Å². The van der Waals surface area contributed by atoms with Crippen LogP contribution in [0.2, 0.25) is 5.02 Å². The van der Waals surface area contributed by atoms with Crippen LogP contribution in [-0.4, -0.2) is 5.78 Å². The van der Waals surface area contributed by atoms with Crippen LogP contribution in [0.1, 0.15) is 49.4 Å². The first-order valence-electron chi connectivity index (χ1n) is 5.63. The number of rotatable bonds is 6. The molecule has 0 N–H and O–H groups in total. The molecule has 0 fully saturated rings. The molecule has 0 atom stereocenters. The summed E-state index contributed by atoms with van der Waals surface area (Å²) in [7, 11) is 0. The van der Waals surface area contributed by atoms with Crippen LogP contribution < -0.4 is 0 Å². The first-order chi connectivity index (χ1) is 7.65. The Bertz CT molecular complexity index is 363. The maximum absolute atomic E-state index is 11.9. The molecule has 1 rings (SSSR count). The summed E-state index contributed by atoms with van der Waals surface area (Å²) in [5.41, 5.74) is 0.698. The fourth-order valence-electron chi connectivity index (χ4n) is 1.56. The van der Waals surface area contributed by atoms with Crippen LogP contribution in [-0.2, 0) is 0 Å². The lowest BCUT2D eigenvalue weighted by Gasteiger charge is -2.04. The van der Waals surface area contributed by atoms with E-state index in [0.29, 0.717) is 17.0 Å². The van der Waals surface area contributed by atoms with Gasteiger partial charge in [-0.15, -0.1) is 0 Å². The number of halogens is 2. The highest BCUT2D eigenvalue weighted by Gasteiger charge is 2.10. The van der Waals surface area contributed by atoms with Gasteiger partial charge in [-0.1, -0.05) is 53.7 Å². The molecule has 88 valence electrons. The molecular weight excluding hydrogens is 287 g/mol. The highest BCUT2D eigenvalue weighted by atomic mass is 79.9. The van der Waals surface area contributed by atoms with Crippen molar-refractivity contribution in [3.05, 3.63) is 33.3 Å². The van der Waals surface area contributed by atoms with E-state index in [1.807, 2.05) is 6.07 Å². The van der Waals surface area contributed by atoms with E-state index in [1.54, 1.807) is 12.1 Å². The van der Waals surface area contributed by atoms with Crippen LogP contribution in [0.5, 0.6) is 0 Å². The van der Waals surface area contributed by atoms with Gasteiger partial charge >= 0.3 is 0 Å². The van der Waals surface area contributed by atoms with Gasteiger partial charge in [0.05, 0.1) is 0 Å². The summed E-state index contributed by atoms with van der Waals surface area (Å²) in [5.74, 6) is 0.172. The molecule has 0 radical (unpaired) electrons. The standard InChI is InChI=1S/C13H16BrClO/c1-2-3-4-5-6-13(16)11-9-10(15)7-8-12(11)14/h7-9H,2-6H2,1H3. The van der Waals surface area contributed by atoms with Crippen LogP contribution in [0.15, 0.2) is 22.7 Å². The fourth-order valence-corrected chi connectivity index (χ4v) is 2.20. The first-order valence-corrected chi connectivity index (χ1v) is 6.80. The Balaban J connectivity index is 2.55. The van der Waals surface area contributed by atoms with Crippen LogP contribution in [0.3, 0.4) is 0 Å². The molecule has 16 heavy (non-hydrogen) atoms. The normalized spacial score (nSPS) is 10.4. The summed E-state index contributed by atoms with van der Waals surface area (Å²) in [6.45, 7) is 2.16. The van der Waals surface area contributed by atoms with E-state index in [2.05, 4.69) is 22.9 Å². The lowest BCUT2D eigenvalue weighted by Crippen LogP contribution is -2.00. The van der Waals surface area contributed by atoms with Crippen molar-refractivity contribution in [1.29, 1.82) is 0 Å². The number of ketones is 1. The highest BCUT2D eigenvalue weighted by molar-refractivity contribution is 9.10. The van der Waals surface area contributed by atoms with Crippen LogP contribution in [0.4, 0.5) is 0 Å². The van der Waals surface area contributed by atoms with Gasteiger partial charge in [0.2, 0.25) is 0 Å². The Hall–Kier alpha value is -0.340. The number of hydrogen-bond donors (Lipinski definition) is 0. The Kier molecular flexibility index (Phi) is 6.07. The summed E-state index contributed by atoms with van der Waals surface area (Å²) in [6.07, 6.45) is 5.09. The smallest absolute Gasteiger partial charge is 0.164 e. The zero-order valence-corrected chi connectivity index (χ0v) is 11.8. The lowest BCUT2D eigenvalue weighted by molar-refractivity contribution is 0.0978. The van der Waals surface area contributed by atoms with Crippen molar-refractivity contribution in [2.75, 3.05) is 0 Å². The van der Waals surface area contributed by atoms with E-state index < -0.39 is 0 Å². The SMILES string of the molecule is CCCCCCC(=O)c1cc(Cl)ccc1Br. The molecule has 1 aromatic rings. The molecule has 0 bridgehead atoms. The van der Waals surface area contributed by atoms with Crippen LogP contribution in [0, 0.1) is 0 Å². The lowest BCUT2D eigenvalue weighted by atomic mass is 10.0. The van der Waals surface area contributed by atoms with Gasteiger partial charge in [0.1, 0.15) is 0 Å². The average molecular weight is 304 g/mol. The van der Waals surface area contributed by atoms with E-state index in [1.165, 1.54) is 12.8 Å². The third kappa shape index (κ3) is 4.26. The molecule has 0 aliphatic rings. The predicted molar refractivity (Wildman–Crippen MR) is 72.2 cm³/mol. The van der Waals surface area contributed by atoms with Gasteiger partial charge in [0.15, 0.2) is 5.78 Å². The number of benzene rings is 1. The second-order valence-corrected chi connectivity index (χ2v) is 5.15. The van der Waals surface area contributed by atoms with Gasteiger partial charge in [0, 0.05) is 21.5 Å². The van der Waals surface area contributed by atoms with Crippen molar-refractivity contribution in [2.24, 2.45) is 0 Å². The number of carbonyl (C=O) groups is 1. The summed E-state index contributed by atoms with van der Waals surface area (Å²) < 4.78 is 0.831. The molecule has 0 amide bonds. The summed E-state index contributed by atoms with van der Waals surface area (Å²) >= 11 is 9.25. The Morgan fingerprint density at radius 1 is 1.31 bits per heavy atom. The largest absolute Gasteiger partial charge is 0.294 e. The van der Waals surface area contributed by atoms with Gasteiger partial charge in [-0.25, -0.2) is 0 Å². The molecule has 0 spiro atoms. The predicted octanol–water partition coefficient (Wildman–Crippen LogP) is 5.26. The quantitative estimate of drug-likeness (QED) is 0.518. The third-order valence-electron chi connectivity index (χ3n) is 2.49. The zero-order valence-electron chi connectivity index (χ0n) is 9.43. The minimum Gasteiger partial charge on any atom is -0.294 e. The molecule has 0 saturated heterocycles. The number of hydrogen-bond acceptors (Lipinski definition) is 1. The topological polar surface area (TPSA) is 17.1 Å². The van der Waals surface area contributed by atoms with Gasteiger partial charge in [-0.3, -0.25) is 4.79 Å². The summed E-state index contributed by atoms with van der Waals surface area (Å²) in [6, 6.07) is 5.33. The summed E-state index contributed by atoms with van der Waals surface area (Å²) in [4.78, 5) is 11.9. The minimum absolute atomic E-state index is 0.172. The second kappa shape index (κ2) is 7.08. The van der Waals surface area contributed by atoms with E-state index in [4.69, 9.17) is 11.6 Å². The van der Waals surface area contributed by atoms with Gasteiger partial charge < -0.3 is 0 Å². The zero-order chi connectivity index (χ0) is 12.0. The molecule has 0 aliphatic carbocycles. The monoisotopic (exact) mass is 302 g/mol. The van der Waals surface area contributed by atoms with E-state index >= 15 is 0 Å². The van der Waals surface area contributed by atoms with Crippen molar-refractivity contribution < 1.29 is 4.79 Å². The summed E-state index contributed by atoms with van der Waals surface area (Å²) in [5, 5.41) is 0.611. The van der Waals surface area contributed by atoms with E-state index in [0.717, 1.165) is 17.3 Å². The van der Waals surface area contributed by atoms with Crippen LogP contribution >= 0.6 is 27.5 Å². The number of unbranched alkanes of at least 4 members (excludes halogenated alkanes) is 3. The minimum atomic E-state index is 0.172. The van der Waals surface area contributed by atoms with Crippen molar-refractivity contribution >= 4 is 33.3 Å². The number of carbonyl (C=O) groups excluding carboxylic acids is 1. The first kappa shape index (κ1) is 13.7. The Morgan fingerprint density at radius 3 is 2.75 bits per heavy atom. The van der Waals surface area contributed by atoms with Gasteiger partial charge in [0.25, 0.3) is 0 Å². The Morgan fingerprint density at radius 2 is 2.06 bits per heavy atom. The van der Waals surface area contributed by atoms with Gasteiger partial charge in [-0.2, -0.15) is 0 Å². The molecular formula is C13H16BrClO. The molecule has 0 unspecified atom stereocenters. The molecule has 3 heteroatoms. The average Bonchev–Trinajstić information content (AvgIpc) is 2.27.